The Hall–Kier alpha value is -3.77. The lowest BCUT2D eigenvalue weighted by Gasteiger charge is -2.27. The number of hydrogen-bond acceptors (Lipinski definition) is 5. The van der Waals surface area contributed by atoms with E-state index in [2.05, 4.69) is 18.7 Å². The molecule has 0 radical (unpaired) electrons. The Morgan fingerprint density at radius 2 is 1.62 bits per heavy atom. The summed E-state index contributed by atoms with van der Waals surface area (Å²) in [5, 5.41) is 21.3. The van der Waals surface area contributed by atoms with Crippen LogP contribution in [0.2, 0.25) is 5.02 Å². The molecule has 3 aromatic carbocycles. The van der Waals surface area contributed by atoms with Gasteiger partial charge in [-0.1, -0.05) is 35.9 Å². The Kier molecular flexibility index (Phi) is 6.61. The average molecular weight is 477 g/mol. The molecular weight excluding hydrogens is 452 g/mol. The highest BCUT2D eigenvalue weighted by Gasteiger charge is 2.47. The van der Waals surface area contributed by atoms with Gasteiger partial charge in [0.1, 0.15) is 11.5 Å². The van der Waals surface area contributed by atoms with Crippen molar-refractivity contribution in [2.45, 2.75) is 19.9 Å². The zero-order valence-electron chi connectivity index (χ0n) is 18.9. The van der Waals surface area contributed by atoms with Crippen molar-refractivity contribution in [2.75, 3.05) is 22.9 Å². The number of halogens is 1. The van der Waals surface area contributed by atoms with Crippen LogP contribution in [0.1, 0.15) is 31.0 Å². The van der Waals surface area contributed by atoms with Gasteiger partial charge in [-0.2, -0.15) is 0 Å². The Balaban J connectivity index is 1.87. The fourth-order valence-corrected chi connectivity index (χ4v) is 4.47. The molecular formula is C27H25ClN2O4. The third-order valence-corrected chi connectivity index (χ3v) is 6.24. The highest BCUT2D eigenvalue weighted by molar-refractivity contribution is 6.51. The SMILES string of the molecule is CCN(CC)c1ccc(N2C(=O)C(=O)/C(=C(/O)c3cccc(Cl)c3)C2c2ccc(O)cc2)cc1. The van der Waals surface area contributed by atoms with E-state index in [0.717, 1.165) is 18.8 Å². The van der Waals surface area contributed by atoms with Crippen molar-refractivity contribution in [3.05, 3.63) is 94.5 Å². The maximum Gasteiger partial charge on any atom is 0.300 e. The van der Waals surface area contributed by atoms with Crippen molar-refractivity contribution in [1.29, 1.82) is 0 Å². The van der Waals surface area contributed by atoms with E-state index >= 15 is 0 Å². The lowest BCUT2D eigenvalue weighted by atomic mass is 9.95. The van der Waals surface area contributed by atoms with Crippen LogP contribution in [0.25, 0.3) is 5.76 Å². The van der Waals surface area contributed by atoms with Gasteiger partial charge in [0.25, 0.3) is 11.7 Å². The summed E-state index contributed by atoms with van der Waals surface area (Å²) in [6.45, 7) is 5.81. The Bertz CT molecular complexity index is 1250. The number of phenolic OH excluding ortho intramolecular Hbond substituents is 1. The number of amides is 1. The van der Waals surface area contributed by atoms with Crippen LogP contribution in [0, 0.1) is 0 Å². The number of carbonyl (C=O) groups excluding carboxylic acids is 2. The van der Waals surface area contributed by atoms with Crippen molar-refractivity contribution in [3.8, 4) is 5.75 Å². The number of aliphatic hydroxyl groups excluding tert-OH is 1. The number of ketones is 1. The summed E-state index contributed by atoms with van der Waals surface area (Å²) in [5.41, 5.74) is 2.41. The van der Waals surface area contributed by atoms with E-state index in [4.69, 9.17) is 11.6 Å². The number of anilines is 2. The van der Waals surface area contributed by atoms with Gasteiger partial charge in [0.05, 0.1) is 11.6 Å². The number of Topliss-reactive ketones (excluding diaryl/α,β-unsaturated/α-hetero) is 1. The summed E-state index contributed by atoms with van der Waals surface area (Å²) in [7, 11) is 0. The molecule has 1 heterocycles. The minimum atomic E-state index is -0.876. The molecule has 34 heavy (non-hydrogen) atoms. The normalized spacial score (nSPS) is 17.3. The van der Waals surface area contributed by atoms with Crippen LogP contribution in [0.15, 0.2) is 78.4 Å². The first kappa shape index (κ1) is 23.4. The Morgan fingerprint density at radius 1 is 0.971 bits per heavy atom. The maximum absolute atomic E-state index is 13.2. The number of nitrogens with zero attached hydrogens (tertiary/aromatic N) is 2. The molecule has 1 fully saturated rings. The van der Waals surface area contributed by atoms with Gasteiger partial charge in [0.15, 0.2) is 0 Å². The first-order chi connectivity index (χ1) is 16.3. The van der Waals surface area contributed by atoms with Gasteiger partial charge in [-0.05, 0) is 67.9 Å². The van der Waals surface area contributed by atoms with E-state index in [1.54, 1.807) is 42.5 Å². The fourth-order valence-electron chi connectivity index (χ4n) is 4.27. The van der Waals surface area contributed by atoms with Crippen molar-refractivity contribution in [1.82, 2.24) is 0 Å². The number of aromatic hydroxyl groups is 1. The number of benzene rings is 3. The van der Waals surface area contributed by atoms with Crippen molar-refractivity contribution in [3.63, 3.8) is 0 Å². The van der Waals surface area contributed by atoms with Crippen LogP contribution in [0.5, 0.6) is 5.75 Å². The standard InChI is InChI=1S/C27H25ClN2O4/c1-3-29(4-2)20-10-12-21(13-11-20)30-24(17-8-14-22(31)15-9-17)23(26(33)27(30)34)25(32)18-6-5-7-19(28)16-18/h5-16,24,31-32H,3-4H2,1-2H3/b25-23+. The van der Waals surface area contributed by atoms with E-state index in [1.807, 2.05) is 12.1 Å². The molecule has 174 valence electrons. The van der Waals surface area contributed by atoms with Crippen LogP contribution in [0.4, 0.5) is 11.4 Å². The minimum absolute atomic E-state index is 0.0363. The fraction of sp³-hybridized carbons (Fsp3) is 0.185. The molecule has 0 bridgehead atoms. The van der Waals surface area contributed by atoms with E-state index in [0.29, 0.717) is 21.8 Å². The molecule has 1 saturated heterocycles. The highest BCUT2D eigenvalue weighted by Crippen LogP contribution is 2.43. The average Bonchev–Trinajstić information content (AvgIpc) is 3.11. The quantitative estimate of drug-likeness (QED) is 0.278. The number of phenols is 1. The van der Waals surface area contributed by atoms with Crippen LogP contribution in [-0.2, 0) is 9.59 Å². The Labute approximate surface area is 203 Å². The summed E-state index contributed by atoms with van der Waals surface area (Å²) < 4.78 is 0. The first-order valence-electron chi connectivity index (χ1n) is 11.1. The molecule has 3 aromatic rings. The molecule has 7 heteroatoms. The molecule has 0 aromatic heterocycles. The summed E-state index contributed by atoms with van der Waals surface area (Å²) in [6, 6.07) is 19.3. The molecule has 0 spiro atoms. The van der Waals surface area contributed by atoms with Gasteiger partial charge >= 0.3 is 0 Å². The highest BCUT2D eigenvalue weighted by atomic mass is 35.5. The summed E-state index contributed by atoms with van der Waals surface area (Å²) in [4.78, 5) is 30.0. The van der Waals surface area contributed by atoms with E-state index in [9.17, 15) is 19.8 Å². The predicted octanol–water partition coefficient (Wildman–Crippen LogP) is 5.52. The van der Waals surface area contributed by atoms with Crippen LogP contribution < -0.4 is 9.80 Å². The van der Waals surface area contributed by atoms with Gasteiger partial charge in [-0.15, -0.1) is 0 Å². The molecule has 1 aliphatic heterocycles. The number of aliphatic hydroxyl groups is 1. The number of carbonyl (C=O) groups is 2. The monoisotopic (exact) mass is 476 g/mol. The zero-order chi connectivity index (χ0) is 24.4. The number of rotatable bonds is 6. The smallest absolute Gasteiger partial charge is 0.300 e. The third kappa shape index (κ3) is 4.24. The minimum Gasteiger partial charge on any atom is -0.508 e. The van der Waals surface area contributed by atoms with Gasteiger partial charge in [-0.3, -0.25) is 14.5 Å². The van der Waals surface area contributed by atoms with E-state index < -0.39 is 17.7 Å². The van der Waals surface area contributed by atoms with E-state index in [1.165, 1.54) is 23.1 Å². The molecule has 4 rings (SSSR count). The largest absolute Gasteiger partial charge is 0.508 e. The summed E-state index contributed by atoms with van der Waals surface area (Å²) in [5.74, 6) is -1.78. The van der Waals surface area contributed by atoms with Gasteiger partial charge in [-0.25, -0.2) is 0 Å². The molecule has 1 unspecified atom stereocenters. The molecule has 6 nitrogen and oxygen atoms in total. The molecule has 0 saturated carbocycles. The van der Waals surface area contributed by atoms with Crippen molar-refractivity contribution in [2.24, 2.45) is 0 Å². The summed E-state index contributed by atoms with van der Waals surface area (Å²) in [6.07, 6.45) is 0. The maximum atomic E-state index is 13.2. The second kappa shape index (κ2) is 9.61. The molecule has 2 N–H and O–H groups in total. The number of hydrogen-bond donors (Lipinski definition) is 2. The topological polar surface area (TPSA) is 81.1 Å². The molecule has 1 aliphatic rings. The Morgan fingerprint density at radius 3 is 2.21 bits per heavy atom. The van der Waals surface area contributed by atoms with Gasteiger partial charge in [0, 0.05) is 35.1 Å². The van der Waals surface area contributed by atoms with Crippen LogP contribution >= 0.6 is 11.6 Å². The van der Waals surface area contributed by atoms with Crippen molar-refractivity contribution >= 4 is 40.4 Å². The van der Waals surface area contributed by atoms with Crippen LogP contribution in [-0.4, -0.2) is 35.0 Å². The summed E-state index contributed by atoms with van der Waals surface area (Å²) >= 11 is 6.09. The van der Waals surface area contributed by atoms with E-state index in [-0.39, 0.29) is 17.1 Å². The van der Waals surface area contributed by atoms with Gasteiger partial charge < -0.3 is 15.1 Å². The van der Waals surface area contributed by atoms with Crippen LogP contribution in [0.3, 0.4) is 0 Å². The lowest BCUT2D eigenvalue weighted by Crippen LogP contribution is -2.29. The molecule has 1 amide bonds. The molecule has 1 atom stereocenters. The zero-order valence-corrected chi connectivity index (χ0v) is 19.7. The molecule has 0 aliphatic carbocycles. The first-order valence-corrected chi connectivity index (χ1v) is 11.4. The predicted molar refractivity (Wildman–Crippen MR) is 134 cm³/mol. The van der Waals surface area contributed by atoms with Crippen molar-refractivity contribution < 1.29 is 19.8 Å². The third-order valence-electron chi connectivity index (χ3n) is 6.01. The second-order valence-corrected chi connectivity index (χ2v) is 8.40. The lowest BCUT2D eigenvalue weighted by molar-refractivity contribution is -0.132. The van der Waals surface area contributed by atoms with Gasteiger partial charge in [0.2, 0.25) is 0 Å². The second-order valence-electron chi connectivity index (χ2n) is 7.96.